The van der Waals surface area contributed by atoms with Crippen LogP contribution in [-0.4, -0.2) is 18.5 Å². The number of aromatic hydroxyl groups is 1. The minimum atomic E-state index is -3.87. The van der Waals surface area contributed by atoms with Crippen molar-refractivity contribution >= 4 is 68.8 Å². The van der Waals surface area contributed by atoms with E-state index in [0.717, 1.165) is 11.3 Å². The molecular weight excluding hydrogens is 398 g/mol. The fraction of sp³-hybridized carbons (Fsp3) is 0. The number of nitrogens with two attached hydrogens (primary N) is 1. The molecule has 0 saturated heterocycles. The molecule has 1 aromatic heterocycles. The highest BCUT2D eigenvalue weighted by molar-refractivity contribution is 9.11. The van der Waals surface area contributed by atoms with Crippen LogP contribution in [0, 0.1) is 0 Å². The molecule has 0 bridgehead atoms. The summed E-state index contributed by atoms with van der Waals surface area (Å²) in [6, 6.07) is 1.65. The fourth-order valence-corrected chi connectivity index (χ4v) is 4.08. The van der Waals surface area contributed by atoms with E-state index in [9.17, 15) is 13.5 Å². The molecule has 0 aliphatic carbocycles. The van der Waals surface area contributed by atoms with Gasteiger partial charge >= 0.3 is 0 Å². The summed E-state index contributed by atoms with van der Waals surface area (Å²) in [5.41, 5.74) is 0.294. The molecule has 0 unspecified atom stereocenters. The fourth-order valence-electron chi connectivity index (χ4n) is 1.17. The molecule has 17 heavy (non-hydrogen) atoms. The zero-order chi connectivity index (χ0) is 12.8. The van der Waals surface area contributed by atoms with E-state index in [-0.39, 0.29) is 10.9 Å². The lowest BCUT2D eigenvalue weighted by molar-refractivity contribution is 0.477. The number of hydrogen-bond acceptors (Lipinski definition) is 5. The van der Waals surface area contributed by atoms with Crippen molar-refractivity contribution in [2.75, 3.05) is 4.72 Å². The third kappa shape index (κ3) is 2.71. The third-order valence-corrected chi connectivity index (χ3v) is 4.88. The number of fused-ring (bicyclic) bond motifs is 1. The van der Waals surface area contributed by atoms with E-state index < -0.39 is 10.2 Å². The van der Waals surface area contributed by atoms with Crippen LogP contribution in [0.3, 0.4) is 0 Å². The lowest BCUT2D eigenvalue weighted by atomic mass is 10.3. The first-order valence-corrected chi connectivity index (χ1v) is 8.01. The minimum absolute atomic E-state index is 0.0538. The van der Waals surface area contributed by atoms with Gasteiger partial charge in [-0.2, -0.15) is 8.42 Å². The molecule has 0 aliphatic heterocycles. The van der Waals surface area contributed by atoms with Crippen molar-refractivity contribution in [2.45, 2.75) is 0 Å². The van der Waals surface area contributed by atoms with Crippen molar-refractivity contribution < 1.29 is 13.5 Å². The second kappa shape index (κ2) is 4.35. The maximum atomic E-state index is 10.9. The molecule has 0 spiro atoms. The van der Waals surface area contributed by atoms with Crippen LogP contribution >= 0.6 is 43.2 Å². The molecule has 6 nitrogen and oxygen atoms in total. The molecular formula is C7H5Br2N3O3S2. The van der Waals surface area contributed by atoms with Gasteiger partial charge in [-0.1, -0.05) is 11.3 Å². The van der Waals surface area contributed by atoms with Crippen LogP contribution in [-0.2, 0) is 10.2 Å². The van der Waals surface area contributed by atoms with E-state index >= 15 is 0 Å². The number of hydrogen-bond donors (Lipinski definition) is 3. The molecule has 10 heteroatoms. The summed E-state index contributed by atoms with van der Waals surface area (Å²) in [7, 11) is -3.87. The maximum Gasteiger partial charge on any atom is 0.298 e. The first-order chi connectivity index (χ1) is 7.78. The lowest BCUT2D eigenvalue weighted by Crippen LogP contribution is -2.21. The number of halogens is 2. The topological polar surface area (TPSA) is 105 Å². The van der Waals surface area contributed by atoms with Gasteiger partial charge in [0, 0.05) is 4.47 Å². The Kier molecular flexibility index (Phi) is 3.34. The van der Waals surface area contributed by atoms with E-state index in [1.165, 1.54) is 0 Å². The van der Waals surface area contributed by atoms with Crippen molar-refractivity contribution in [3.63, 3.8) is 0 Å². The maximum absolute atomic E-state index is 10.9. The number of rotatable bonds is 2. The standard InChI is InChI=1S/C7H5Br2N3O3S2/c8-2-1-3(9)6-4(5(2)13)11-7(16-6)12-17(10,14)15/h1,13H,(H,11,12)(H2,10,14,15). The van der Waals surface area contributed by atoms with E-state index in [4.69, 9.17) is 5.14 Å². The van der Waals surface area contributed by atoms with Crippen LogP contribution in [0.25, 0.3) is 10.2 Å². The Bertz CT molecular complexity index is 698. The van der Waals surface area contributed by atoms with Crippen molar-refractivity contribution in [2.24, 2.45) is 5.14 Å². The number of anilines is 1. The summed E-state index contributed by atoms with van der Waals surface area (Å²) >= 11 is 7.52. The zero-order valence-electron chi connectivity index (χ0n) is 7.94. The van der Waals surface area contributed by atoms with Gasteiger partial charge in [0.2, 0.25) is 0 Å². The van der Waals surface area contributed by atoms with Gasteiger partial charge in [0.25, 0.3) is 10.2 Å². The SMILES string of the molecule is NS(=O)(=O)Nc1nc2c(O)c(Br)cc(Br)c2s1. The molecule has 4 N–H and O–H groups in total. The van der Waals surface area contributed by atoms with Crippen LogP contribution in [0.5, 0.6) is 5.75 Å². The molecule has 2 rings (SSSR count). The van der Waals surface area contributed by atoms with Gasteiger partial charge in [0.05, 0.1) is 9.17 Å². The molecule has 2 aromatic rings. The summed E-state index contributed by atoms with van der Waals surface area (Å²) in [4.78, 5) is 3.96. The molecule has 0 saturated carbocycles. The van der Waals surface area contributed by atoms with Gasteiger partial charge in [0.15, 0.2) is 10.9 Å². The molecule has 0 amide bonds. The molecule has 1 heterocycles. The monoisotopic (exact) mass is 401 g/mol. The Morgan fingerprint density at radius 3 is 2.65 bits per heavy atom. The molecule has 0 radical (unpaired) electrons. The summed E-state index contributed by atoms with van der Waals surface area (Å²) in [6.07, 6.45) is 0. The molecule has 1 aromatic carbocycles. The van der Waals surface area contributed by atoms with Crippen molar-refractivity contribution in [3.05, 3.63) is 15.0 Å². The van der Waals surface area contributed by atoms with Crippen molar-refractivity contribution in [3.8, 4) is 5.75 Å². The van der Waals surface area contributed by atoms with E-state index in [1.807, 2.05) is 0 Å². The lowest BCUT2D eigenvalue weighted by Gasteiger charge is -1.98. The van der Waals surface area contributed by atoms with Gasteiger partial charge in [-0.3, -0.25) is 0 Å². The first kappa shape index (κ1) is 13.0. The number of aromatic nitrogens is 1. The second-order valence-electron chi connectivity index (χ2n) is 3.03. The Labute approximate surface area is 117 Å². The number of benzene rings is 1. The van der Waals surface area contributed by atoms with Crippen molar-refractivity contribution in [1.29, 1.82) is 0 Å². The second-order valence-corrected chi connectivity index (χ2v) is 7.03. The Balaban J connectivity index is 2.65. The number of thiazole rings is 1. The number of phenolic OH excluding ortho intramolecular Hbond substituents is 1. The van der Waals surface area contributed by atoms with Crippen LogP contribution in [0.1, 0.15) is 0 Å². The average Bonchev–Trinajstić information content (AvgIpc) is 2.56. The highest BCUT2D eigenvalue weighted by Crippen LogP contribution is 2.41. The number of nitrogens with zero attached hydrogens (tertiary/aromatic N) is 1. The van der Waals surface area contributed by atoms with Gasteiger partial charge in [-0.05, 0) is 37.9 Å². The molecule has 0 fully saturated rings. The Morgan fingerprint density at radius 1 is 1.41 bits per heavy atom. The predicted octanol–water partition coefficient (Wildman–Crippen LogP) is 2.14. The molecule has 92 valence electrons. The smallest absolute Gasteiger partial charge is 0.298 e. The number of nitrogens with one attached hydrogen (secondary N) is 1. The average molecular weight is 403 g/mol. The first-order valence-electron chi connectivity index (χ1n) is 4.06. The Morgan fingerprint density at radius 2 is 2.06 bits per heavy atom. The van der Waals surface area contributed by atoms with Gasteiger partial charge in [-0.25, -0.2) is 14.8 Å². The Hall–Kier alpha value is -0.420. The van der Waals surface area contributed by atoms with Gasteiger partial charge in [0.1, 0.15) is 5.52 Å². The minimum Gasteiger partial charge on any atom is -0.505 e. The van der Waals surface area contributed by atoms with E-state index in [0.29, 0.717) is 19.2 Å². The van der Waals surface area contributed by atoms with Crippen LogP contribution in [0.4, 0.5) is 5.13 Å². The summed E-state index contributed by atoms with van der Waals surface area (Å²) in [5.74, 6) is -0.0538. The van der Waals surface area contributed by atoms with Crippen LogP contribution in [0.2, 0.25) is 0 Å². The molecule has 0 aliphatic rings. The largest absolute Gasteiger partial charge is 0.505 e. The normalized spacial score (nSPS) is 11.9. The zero-order valence-corrected chi connectivity index (χ0v) is 12.7. The van der Waals surface area contributed by atoms with Gasteiger partial charge in [-0.15, -0.1) is 0 Å². The molecule has 0 atom stereocenters. The van der Waals surface area contributed by atoms with Crippen LogP contribution in [0.15, 0.2) is 15.0 Å². The number of phenols is 1. The van der Waals surface area contributed by atoms with Gasteiger partial charge < -0.3 is 5.11 Å². The third-order valence-electron chi connectivity index (χ3n) is 1.78. The summed E-state index contributed by atoms with van der Waals surface area (Å²) < 4.78 is 25.6. The predicted molar refractivity (Wildman–Crippen MR) is 73.4 cm³/mol. The van der Waals surface area contributed by atoms with E-state index in [2.05, 4.69) is 41.6 Å². The summed E-state index contributed by atoms with van der Waals surface area (Å²) in [6.45, 7) is 0. The highest BCUT2D eigenvalue weighted by atomic mass is 79.9. The van der Waals surface area contributed by atoms with Crippen LogP contribution < -0.4 is 9.86 Å². The van der Waals surface area contributed by atoms with E-state index in [1.54, 1.807) is 6.07 Å². The van der Waals surface area contributed by atoms with Crippen molar-refractivity contribution in [1.82, 2.24) is 4.98 Å². The summed E-state index contributed by atoms with van der Waals surface area (Å²) in [5, 5.41) is 14.7. The highest BCUT2D eigenvalue weighted by Gasteiger charge is 2.15. The quantitative estimate of drug-likeness (QED) is 0.715.